The van der Waals surface area contributed by atoms with Gasteiger partial charge in [-0.05, 0) is 16.8 Å². The Balaban J connectivity index is 1.04. The standard InChI is InChI=1S/C36H46N7O20P3S/c1-36(2,30(49)33(50)39-10-9-24(44)38-11-12-67-35(51)22(14-25(45)46)27(47)21-8-7-19-5-3-4-6-20(19)13-21)16-60-66(57,58)63-65(55,56)59-15-23-29(62-64(52,53)54)28(48)34(61-23)43-18-42-26-31(37)40-17-41-32(26)43/h3-8,13,17-18,22-23,28-30,34,48-49H,9-12,14-16H2,1-2H3,(H,38,44)(H,39,50)(H,45,46)(H,55,56)(H,57,58)(H2,37,40,41)(H2,52,53,54). The number of ketones is 1. The monoisotopic (exact) mass is 1020 g/mol. The summed E-state index contributed by atoms with van der Waals surface area (Å²) in [6.07, 6.45) is -8.03. The van der Waals surface area contributed by atoms with E-state index in [4.69, 9.17) is 19.5 Å². The summed E-state index contributed by atoms with van der Waals surface area (Å²) >= 11 is 0.663. The van der Waals surface area contributed by atoms with Crippen LogP contribution < -0.4 is 16.4 Å². The van der Waals surface area contributed by atoms with Crippen molar-refractivity contribution >= 4 is 91.7 Å². The normalized spacial score (nSPS) is 20.4. The van der Waals surface area contributed by atoms with Crippen LogP contribution in [-0.4, -0.2) is 140 Å². The van der Waals surface area contributed by atoms with Crippen LogP contribution in [0.3, 0.4) is 0 Å². The highest BCUT2D eigenvalue weighted by Crippen LogP contribution is 2.61. The van der Waals surface area contributed by atoms with Gasteiger partial charge in [0.05, 0.1) is 26.0 Å². The van der Waals surface area contributed by atoms with E-state index in [0.29, 0.717) is 11.8 Å². The van der Waals surface area contributed by atoms with Crippen LogP contribution in [0.15, 0.2) is 55.1 Å². The molecule has 2 amide bonds. The summed E-state index contributed by atoms with van der Waals surface area (Å²) in [4.78, 5) is 114. The molecule has 4 aromatic rings. The third-order valence-corrected chi connectivity index (χ3v) is 13.8. The summed E-state index contributed by atoms with van der Waals surface area (Å²) in [5, 5.41) is 36.6. The van der Waals surface area contributed by atoms with Crippen LogP contribution in [0, 0.1) is 11.3 Å². The second-order valence-corrected chi connectivity index (χ2v) is 20.6. The third-order valence-electron chi connectivity index (χ3n) is 9.76. The highest BCUT2D eigenvalue weighted by atomic mass is 32.2. The summed E-state index contributed by atoms with van der Waals surface area (Å²) in [6.45, 7) is -0.0890. The fourth-order valence-electron chi connectivity index (χ4n) is 6.38. The molecule has 1 fully saturated rings. The highest BCUT2D eigenvalue weighted by molar-refractivity contribution is 8.13. The van der Waals surface area contributed by atoms with Gasteiger partial charge in [0.25, 0.3) is 0 Å². The number of carbonyl (C=O) groups excluding carboxylic acids is 4. The molecule has 2 aromatic heterocycles. The number of nitrogens with one attached hydrogen (secondary N) is 2. The number of nitrogens with two attached hydrogens (primary N) is 1. The second kappa shape index (κ2) is 22.2. The number of thioether (sulfide) groups is 1. The number of ether oxygens (including phenoxy) is 1. The number of benzene rings is 2. The van der Waals surface area contributed by atoms with Crippen molar-refractivity contribution in [2.45, 2.75) is 57.3 Å². The molecule has 1 saturated heterocycles. The van der Waals surface area contributed by atoms with Gasteiger partial charge in [-0.1, -0.05) is 62.0 Å². The fourth-order valence-corrected chi connectivity index (χ4v) is 10.0. The largest absolute Gasteiger partial charge is 0.481 e. The Labute approximate surface area is 383 Å². The molecule has 27 nitrogen and oxygen atoms in total. The minimum atomic E-state index is -5.62. The van der Waals surface area contributed by atoms with Crippen molar-refractivity contribution in [2.75, 3.05) is 37.8 Å². The Morgan fingerprint density at radius 3 is 2.33 bits per heavy atom. The molecule has 11 N–H and O–H groups in total. The van der Waals surface area contributed by atoms with Gasteiger partial charge in [-0.3, -0.25) is 42.1 Å². The number of phosphoric acid groups is 3. The van der Waals surface area contributed by atoms with E-state index in [0.717, 1.165) is 28.0 Å². The van der Waals surface area contributed by atoms with Gasteiger partial charge in [0.1, 0.15) is 42.2 Å². The second-order valence-electron chi connectivity index (χ2n) is 15.3. The van der Waals surface area contributed by atoms with Gasteiger partial charge in [-0.15, -0.1) is 0 Å². The molecular weight excluding hydrogens is 975 g/mol. The molecule has 5 rings (SSSR count). The maximum Gasteiger partial charge on any atom is 0.481 e. The Morgan fingerprint density at radius 1 is 0.955 bits per heavy atom. The summed E-state index contributed by atoms with van der Waals surface area (Å²) < 4.78 is 62.3. The third kappa shape index (κ3) is 14.7. The number of carboxylic acids is 1. The lowest BCUT2D eigenvalue weighted by Crippen LogP contribution is -2.46. The molecule has 31 heteroatoms. The van der Waals surface area contributed by atoms with E-state index in [1.807, 2.05) is 12.1 Å². The van der Waals surface area contributed by atoms with Gasteiger partial charge in [-0.25, -0.2) is 28.6 Å². The number of aliphatic hydroxyl groups is 2. The summed E-state index contributed by atoms with van der Waals surface area (Å²) in [5.41, 5.74) is 4.32. The molecule has 0 saturated carbocycles. The number of imidazole rings is 1. The number of carbonyl (C=O) groups is 5. The van der Waals surface area contributed by atoms with Crippen LogP contribution in [0.2, 0.25) is 0 Å². The van der Waals surface area contributed by atoms with Crippen LogP contribution in [0.5, 0.6) is 0 Å². The average Bonchev–Trinajstić information content (AvgIpc) is 3.81. The van der Waals surface area contributed by atoms with E-state index in [1.54, 1.807) is 24.3 Å². The number of nitrogen functional groups attached to an aromatic ring is 1. The number of aromatic nitrogens is 4. The van der Waals surface area contributed by atoms with Crippen LogP contribution in [0.1, 0.15) is 43.3 Å². The van der Waals surface area contributed by atoms with Crippen molar-refractivity contribution in [2.24, 2.45) is 11.3 Å². The number of phosphoric ester groups is 3. The Morgan fingerprint density at radius 2 is 1.64 bits per heavy atom. The first-order valence-electron chi connectivity index (χ1n) is 19.6. The topological polar surface area (TPSA) is 418 Å². The lowest BCUT2D eigenvalue weighted by molar-refractivity contribution is -0.139. The number of amides is 2. The predicted molar refractivity (Wildman–Crippen MR) is 231 cm³/mol. The smallest absolute Gasteiger partial charge is 0.481 e. The van der Waals surface area contributed by atoms with E-state index in [-0.39, 0.29) is 47.8 Å². The summed E-state index contributed by atoms with van der Waals surface area (Å²) in [7, 11) is -16.5. The van der Waals surface area contributed by atoms with Crippen molar-refractivity contribution in [3.05, 3.63) is 60.7 Å². The molecule has 67 heavy (non-hydrogen) atoms. The van der Waals surface area contributed by atoms with Gasteiger partial charge in [0.2, 0.25) is 11.8 Å². The minimum absolute atomic E-state index is 0.0100. The SMILES string of the molecule is CC(C)(COP(=O)(O)OP(=O)(O)OCC1OC(n2cnc3c(N)ncnc32)C(O)C1OP(=O)(O)O)C(O)C(=O)NCCC(=O)NCCSC(=O)C(CC(=O)O)C(=O)c1ccc2ccccc2c1. The van der Waals surface area contributed by atoms with E-state index >= 15 is 0 Å². The van der Waals surface area contributed by atoms with Crippen LogP contribution in [0.4, 0.5) is 5.82 Å². The lowest BCUT2D eigenvalue weighted by atomic mass is 9.87. The zero-order valence-corrected chi connectivity index (χ0v) is 38.7. The van der Waals surface area contributed by atoms with Crippen LogP contribution >= 0.6 is 35.2 Å². The number of hydrogen-bond donors (Lipinski definition) is 10. The number of anilines is 1. The Hall–Kier alpha value is -4.60. The number of aliphatic hydroxyl groups excluding tert-OH is 2. The van der Waals surface area contributed by atoms with Gasteiger partial charge < -0.3 is 56.0 Å². The van der Waals surface area contributed by atoms with E-state index in [2.05, 4.69) is 34.4 Å². The number of carboxylic acid groups (broad SMARTS) is 1. The number of rotatable bonds is 24. The molecule has 0 spiro atoms. The van der Waals surface area contributed by atoms with Crippen molar-refractivity contribution in [3.8, 4) is 0 Å². The number of nitrogens with zero attached hydrogens (tertiary/aromatic N) is 4. The molecule has 1 aliphatic rings. The number of fused-ring (bicyclic) bond motifs is 2. The van der Waals surface area contributed by atoms with Crippen molar-refractivity contribution in [1.82, 2.24) is 30.2 Å². The molecule has 0 aliphatic carbocycles. The van der Waals surface area contributed by atoms with E-state index in [1.165, 1.54) is 19.9 Å². The molecule has 8 atom stereocenters. The molecular formula is C36H46N7O20P3S. The van der Waals surface area contributed by atoms with E-state index < -0.39 is 114 Å². The van der Waals surface area contributed by atoms with Gasteiger partial charge in [0, 0.05) is 36.2 Å². The first kappa shape index (κ1) is 53.4. The maximum atomic E-state index is 13.2. The number of aliphatic carboxylic acids is 1. The number of Topliss-reactive ketones (excluding diaryl/α,β-unsaturated/α-hetero) is 1. The highest BCUT2D eigenvalue weighted by Gasteiger charge is 2.50. The average molecular weight is 1020 g/mol. The molecule has 2 aromatic carbocycles. The molecule has 3 heterocycles. The molecule has 8 unspecified atom stereocenters. The quantitative estimate of drug-likeness (QED) is 0.0201. The predicted octanol–water partition coefficient (Wildman–Crippen LogP) is 0.792. The first-order chi connectivity index (χ1) is 31.3. The van der Waals surface area contributed by atoms with Gasteiger partial charge in [0.15, 0.2) is 28.6 Å². The van der Waals surface area contributed by atoms with Crippen LogP contribution in [0.25, 0.3) is 21.9 Å². The van der Waals surface area contributed by atoms with E-state index in [9.17, 15) is 72.6 Å². The Bertz CT molecular complexity index is 2630. The zero-order valence-electron chi connectivity index (χ0n) is 35.2. The van der Waals surface area contributed by atoms with Crippen molar-refractivity contribution in [3.63, 3.8) is 0 Å². The lowest BCUT2D eigenvalue weighted by Gasteiger charge is -2.30. The van der Waals surface area contributed by atoms with Crippen molar-refractivity contribution < 1.29 is 95.2 Å². The maximum absolute atomic E-state index is 13.2. The summed E-state index contributed by atoms with van der Waals surface area (Å²) in [5.74, 6) is -5.22. The first-order valence-corrected chi connectivity index (χ1v) is 25.1. The molecule has 0 bridgehead atoms. The summed E-state index contributed by atoms with van der Waals surface area (Å²) in [6, 6.07) is 12.0. The van der Waals surface area contributed by atoms with Gasteiger partial charge >= 0.3 is 29.4 Å². The Kier molecular flexibility index (Phi) is 17.7. The minimum Gasteiger partial charge on any atom is -0.481 e. The van der Waals surface area contributed by atoms with Crippen molar-refractivity contribution in [1.29, 1.82) is 0 Å². The fraction of sp³-hybridized carbons (Fsp3) is 0.444. The van der Waals surface area contributed by atoms with Gasteiger partial charge in [-0.2, -0.15) is 4.31 Å². The molecule has 366 valence electrons. The number of hydrogen-bond acceptors (Lipinski definition) is 20. The molecule has 0 radical (unpaired) electrons. The zero-order chi connectivity index (χ0) is 49.5. The molecule has 1 aliphatic heterocycles. The van der Waals surface area contributed by atoms with Crippen LogP contribution in [-0.2, 0) is 55.5 Å².